The zero-order chi connectivity index (χ0) is 14.5. The van der Waals surface area contributed by atoms with E-state index in [0.29, 0.717) is 5.92 Å². The summed E-state index contributed by atoms with van der Waals surface area (Å²) in [4.78, 5) is 0. The first kappa shape index (κ1) is 16.2. The number of aliphatic hydroxyl groups is 1. The van der Waals surface area contributed by atoms with Gasteiger partial charge in [0.15, 0.2) is 0 Å². The quantitative estimate of drug-likeness (QED) is 0.824. The van der Waals surface area contributed by atoms with Gasteiger partial charge in [-0.1, -0.05) is 45.9 Å². The Balaban J connectivity index is 2.67. The summed E-state index contributed by atoms with van der Waals surface area (Å²) in [7, 11) is 0. The Bertz CT molecular complexity index is 389. The van der Waals surface area contributed by atoms with E-state index in [1.165, 1.54) is 16.7 Å². The van der Waals surface area contributed by atoms with Gasteiger partial charge in [-0.15, -0.1) is 0 Å². The van der Waals surface area contributed by atoms with Crippen molar-refractivity contribution in [2.45, 2.75) is 53.0 Å². The van der Waals surface area contributed by atoms with Gasteiger partial charge in [-0.25, -0.2) is 0 Å². The first-order chi connectivity index (χ1) is 8.88. The molecule has 1 rings (SSSR count). The highest BCUT2D eigenvalue weighted by Crippen LogP contribution is 2.24. The lowest BCUT2D eigenvalue weighted by Crippen LogP contribution is -2.25. The van der Waals surface area contributed by atoms with Crippen LogP contribution in [0.3, 0.4) is 0 Å². The van der Waals surface area contributed by atoms with E-state index in [9.17, 15) is 5.11 Å². The van der Waals surface area contributed by atoms with E-state index in [1.54, 1.807) is 0 Å². The molecule has 0 spiro atoms. The molecule has 2 N–H and O–H groups in total. The molecule has 2 nitrogen and oxygen atoms in total. The van der Waals surface area contributed by atoms with Crippen LogP contribution in [0.15, 0.2) is 18.2 Å². The zero-order valence-electron chi connectivity index (χ0n) is 13.1. The summed E-state index contributed by atoms with van der Waals surface area (Å²) < 4.78 is 0. The number of rotatable bonds is 6. The third-order valence-electron chi connectivity index (χ3n) is 3.80. The summed E-state index contributed by atoms with van der Waals surface area (Å²) in [5.74, 6) is 0.367. The van der Waals surface area contributed by atoms with Crippen LogP contribution in [0.4, 0.5) is 0 Å². The molecule has 1 unspecified atom stereocenters. The molecule has 0 amide bonds. The average molecular weight is 263 g/mol. The van der Waals surface area contributed by atoms with Gasteiger partial charge < -0.3 is 10.4 Å². The van der Waals surface area contributed by atoms with Crippen molar-refractivity contribution >= 4 is 0 Å². The number of nitrogens with one attached hydrogen (secondary N) is 1. The number of hydrogen-bond acceptors (Lipinski definition) is 2. The fourth-order valence-corrected chi connectivity index (χ4v) is 2.08. The van der Waals surface area contributed by atoms with Gasteiger partial charge in [0.05, 0.1) is 0 Å². The zero-order valence-corrected chi connectivity index (χ0v) is 13.1. The van der Waals surface area contributed by atoms with Gasteiger partial charge in [0.2, 0.25) is 0 Å². The number of aliphatic hydroxyl groups excluding tert-OH is 1. The number of hydrogen-bond donors (Lipinski definition) is 2. The predicted octanol–water partition coefficient (Wildman–Crippen LogP) is 3.40. The molecule has 19 heavy (non-hydrogen) atoms. The van der Waals surface area contributed by atoms with E-state index < -0.39 is 0 Å². The third kappa shape index (κ3) is 4.96. The lowest BCUT2D eigenvalue weighted by atomic mass is 9.85. The first-order valence-electron chi connectivity index (χ1n) is 7.30. The van der Waals surface area contributed by atoms with Crippen molar-refractivity contribution in [3.63, 3.8) is 0 Å². The summed E-state index contributed by atoms with van der Waals surface area (Å²) in [6.07, 6.45) is 1.02. The van der Waals surface area contributed by atoms with Crippen molar-refractivity contribution < 1.29 is 5.11 Å². The number of aryl methyl sites for hydroxylation is 1. The second kappa shape index (κ2) is 7.06. The number of benzene rings is 1. The molecule has 1 atom stereocenters. The van der Waals surface area contributed by atoms with Gasteiger partial charge in [-0.2, -0.15) is 0 Å². The molecule has 108 valence electrons. The summed E-state index contributed by atoms with van der Waals surface area (Å²) in [5, 5.41) is 12.7. The van der Waals surface area contributed by atoms with Crippen molar-refractivity contribution in [3.05, 3.63) is 34.9 Å². The van der Waals surface area contributed by atoms with Crippen LogP contribution in [0.2, 0.25) is 0 Å². The van der Waals surface area contributed by atoms with Gasteiger partial charge in [0.25, 0.3) is 0 Å². The van der Waals surface area contributed by atoms with E-state index in [4.69, 9.17) is 0 Å². The smallest absolute Gasteiger partial charge is 0.0471 e. The Morgan fingerprint density at radius 1 is 1.26 bits per heavy atom. The molecule has 0 aromatic heterocycles. The van der Waals surface area contributed by atoms with Gasteiger partial charge in [-0.3, -0.25) is 0 Å². The molecule has 0 fully saturated rings. The highest BCUT2D eigenvalue weighted by molar-refractivity contribution is 5.34. The molecule has 0 aliphatic rings. The fraction of sp³-hybridized carbons (Fsp3) is 0.647. The van der Waals surface area contributed by atoms with Crippen LogP contribution < -0.4 is 5.32 Å². The SMILES string of the molecule is CCC(CO)CNCc1cc(C(C)(C)C)ccc1C. The Morgan fingerprint density at radius 2 is 1.95 bits per heavy atom. The van der Waals surface area contributed by atoms with Crippen LogP contribution in [0.25, 0.3) is 0 Å². The van der Waals surface area contributed by atoms with E-state index in [2.05, 4.69) is 58.1 Å². The topological polar surface area (TPSA) is 32.3 Å². The lowest BCUT2D eigenvalue weighted by molar-refractivity contribution is 0.218. The lowest BCUT2D eigenvalue weighted by Gasteiger charge is -2.21. The molecule has 0 bridgehead atoms. The molecule has 0 aliphatic heterocycles. The van der Waals surface area contributed by atoms with Crippen LogP contribution in [0.5, 0.6) is 0 Å². The van der Waals surface area contributed by atoms with Crippen LogP contribution in [-0.4, -0.2) is 18.3 Å². The maximum absolute atomic E-state index is 9.19. The van der Waals surface area contributed by atoms with E-state index >= 15 is 0 Å². The molecule has 1 aromatic carbocycles. The molecule has 0 saturated heterocycles. The van der Waals surface area contributed by atoms with Crippen molar-refractivity contribution in [1.29, 1.82) is 0 Å². The average Bonchev–Trinajstić information content (AvgIpc) is 2.35. The first-order valence-corrected chi connectivity index (χ1v) is 7.30. The minimum absolute atomic E-state index is 0.194. The van der Waals surface area contributed by atoms with Crippen LogP contribution in [0, 0.1) is 12.8 Å². The van der Waals surface area contributed by atoms with Crippen LogP contribution in [-0.2, 0) is 12.0 Å². The van der Waals surface area contributed by atoms with Gasteiger partial charge in [0.1, 0.15) is 0 Å². The summed E-state index contributed by atoms with van der Waals surface area (Å²) in [6.45, 7) is 13.0. The maximum Gasteiger partial charge on any atom is 0.0471 e. The van der Waals surface area contributed by atoms with Crippen molar-refractivity contribution in [1.82, 2.24) is 5.32 Å². The molecule has 0 radical (unpaired) electrons. The van der Waals surface area contributed by atoms with Crippen LogP contribution >= 0.6 is 0 Å². The molecular weight excluding hydrogens is 234 g/mol. The molecule has 0 aliphatic carbocycles. The second-order valence-corrected chi connectivity index (χ2v) is 6.48. The minimum atomic E-state index is 0.194. The summed E-state index contributed by atoms with van der Waals surface area (Å²) in [5.41, 5.74) is 4.27. The largest absolute Gasteiger partial charge is 0.396 e. The summed E-state index contributed by atoms with van der Waals surface area (Å²) >= 11 is 0. The van der Waals surface area contributed by atoms with Gasteiger partial charge in [0, 0.05) is 19.7 Å². The Labute approximate surface area is 118 Å². The van der Waals surface area contributed by atoms with Crippen molar-refractivity contribution in [3.8, 4) is 0 Å². The third-order valence-corrected chi connectivity index (χ3v) is 3.80. The monoisotopic (exact) mass is 263 g/mol. The highest BCUT2D eigenvalue weighted by atomic mass is 16.3. The highest BCUT2D eigenvalue weighted by Gasteiger charge is 2.14. The van der Waals surface area contributed by atoms with Crippen LogP contribution in [0.1, 0.15) is 50.8 Å². The predicted molar refractivity (Wildman–Crippen MR) is 82.5 cm³/mol. The van der Waals surface area contributed by atoms with Gasteiger partial charge >= 0.3 is 0 Å². The summed E-state index contributed by atoms with van der Waals surface area (Å²) in [6, 6.07) is 6.74. The Hall–Kier alpha value is -0.860. The van der Waals surface area contributed by atoms with E-state index in [1.807, 2.05) is 0 Å². The maximum atomic E-state index is 9.19. The van der Waals surface area contributed by atoms with E-state index in [0.717, 1.165) is 19.5 Å². The normalized spacial score (nSPS) is 13.6. The Morgan fingerprint density at radius 3 is 2.47 bits per heavy atom. The molecular formula is C17H29NO. The molecule has 1 aromatic rings. The standard InChI is InChI=1S/C17H29NO/c1-6-14(12-19)10-18-11-15-9-16(17(3,4)5)8-7-13(15)2/h7-9,14,18-19H,6,10-12H2,1-5H3. The van der Waals surface area contributed by atoms with E-state index in [-0.39, 0.29) is 12.0 Å². The Kier molecular flexibility index (Phi) is 6.02. The second-order valence-electron chi connectivity index (χ2n) is 6.48. The molecule has 2 heteroatoms. The van der Waals surface area contributed by atoms with Crippen molar-refractivity contribution in [2.75, 3.05) is 13.2 Å². The fourth-order valence-electron chi connectivity index (χ4n) is 2.08. The van der Waals surface area contributed by atoms with Gasteiger partial charge in [-0.05, 0) is 41.4 Å². The molecule has 0 heterocycles. The minimum Gasteiger partial charge on any atom is -0.396 e. The van der Waals surface area contributed by atoms with Crippen molar-refractivity contribution in [2.24, 2.45) is 5.92 Å². The molecule has 0 saturated carbocycles.